The van der Waals surface area contributed by atoms with Gasteiger partial charge < -0.3 is 41.9 Å². The van der Waals surface area contributed by atoms with Crippen molar-refractivity contribution in [3.05, 3.63) is 136 Å². The van der Waals surface area contributed by atoms with E-state index in [0.717, 1.165) is 10.0 Å². The molecule has 0 unspecified atom stereocenters. The van der Waals surface area contributed by atoms with Crippen LogP contribution in [-0.2, 0) is 54.5 Å². The number of aliphatic carboxylic acids is 1. The molecule has 0 saturated heterocycles. The first kappa shape index (κ1) is 41.3. The molecule has 4 aromatic rings. The van der Waals surface area contributed by atoms with Crippen molar-refractivity contribution in [3.63, 3.8) is 0 Å². The molecular formula is C41H42BrN5O9. The smallest absolute Gasteiger partial charge is 0.326 e. The fourth-order valence-corrected chi connectivity index (χ4v) is 6.35. The van der Waals surface area contributed by atoms with Gasteiger partial charge in [-0.3, -0.25) is 24.0 Å². The topological polar surface area (TPSA) is 223 Å². The fraction of sp³-hybridized carbons (Fsp3) is 0.268. The minimum absolute atomic E-state index is 0.0566. The summed E-state index contributed by atoms with van der Waals surface area (Å²) < 4.78 is 0.767. The number of fused-ring (bicyclic) bond motifs is 18. The van der Waals surface area contributed by atoms with Gasteiger partial charge in [-0.25, -0.2) is 4.79 Å². The van der Waals surface area contributed by atoms with Gasteiger partial charge in [0, 0.05) is 29.4 Å². The second-order valence-corrected chi connectivity index (χ2v) is 14.3. The Morgan fingerprint density at radius 3 is 1.62 bits per heavy atom. The van der Waals surface area contributed by atoms with Crippen molar-refractivity contribution < 1.29 is 44.1 Å². The van der Waals surface area contributed by atoms with Crippen LogP contribution >= 0.6 is 15.9 Å². The number of rotatable bonds is 8. The Hall–Kier alpha value is -5.90. The number of amides is 5. The first-order valence-electron chi connectivity index (χ1n) is 17.9. The van der Waals surface area contributed by atoms with Gasteiger partial charge in [0.05, 0.1) is 0 Å². The summed E-state index contributed by atoms with van der Waals surface area (Å²) in [5.41, 5.74) is 2.73. The number of carboxylic acids is 1. The number of carbonyl (C=O) groups is 6. The molecule has 14 nitrogen and oxygen atoms in total. The van der Waals surface area contributed by atoms with Crippen molar-refractivity contribution in [1.29, 1.82) is 0 Å². The lowest BCUT2D eigenvalue weighted by Gasteiger charge is -2.27. The Balaban J connectivity index is 1.53. The van der Waals surface area contributed by atoms with E-state index in [1.165, 1.54) is 24.3 Å². The van der Waals surface area contributed by atoms with Crippen molar-refractivity contribution in [3.8, 4) is 0 Å². The molecule has 0 saturated carbocycles. The summed E-state index contributed by atoms with van der Waals surface area (Å²) >= 11 is 3.39. The summed E-state index contributed by atoms with van der Waals surface area (Å²) in [6.07, 6.45) is -4.46. The summed E-state index contributed by atoms with van der Waals surface area (Å²) in [5.74, 6) is -6.05. The molecule has 0 fully saturated rings. The SMILES string of the molecule is O=C1N[C@H](CCc2ccccc2)C(=O)N[C@@H](C(=O)O)Cc2ccc(cc2)NC(=O)[C@H](O)[C@@H](O)C(=O)N[C@H](Cc2ccccc2)C(=O)N[C@H]1Cc1ccc(Br)cc1. The minimum atomic E-state index is -2.30. The summed E-state index contributed by atoms with van der Waals surface area (Å²) in [4.78, 5) is 80.8. The van der Waals surface area contributed by atoms with E-state index in [9.17, 15) is 44.1 Å². The molecule has 2 aliphatic heterocycles. The molecule has 6 atom stereocenters. The molecule has 0 radical (unpaired) electrons. The monoisotopic (exact) mass is 827 g/mol. The largest absolute Gasteiger partial charge is 0.480 e. The quantitative estimate of drug-likeness (QED) is 0.121. The van der Waals surface area contributed by atoms with Gasteiger partial charge in [0.15, 0.2) is 12.2 Å². The summed E-state index contributed by atoms with van der Waals surface area (Å²) in [6, 6.07) is 25.2. The minimum Gasteiger partial charge on any atom is -0.480 e. The van der Waals surface area contributed by atoms with Crippen LogP contribution in [0.25, 0.3) is 0 Å². The first-order chi connectivity index (χ1) is 26.9. The Bertz CT molecular complexity index is 2000. The van der Waals surface area contributed by atoms with E-state index in [2.05, 4.69) is 42.5 Å². The van der Waals surface area contributed by atoms with E-state index in [1.807, 2.05) is 30.3 Å². The van der Waals surface area contributed by atoms with Crippen LogP contribution in [0.15, 0.2) is 114 Å². The molecule has 5 amide bonds. The van der Waals surface area contributed by atoms with E-state index in [0.29, 0.717) is 23.1 Å². The number of hydrogen-bond acceptors (Lipinski definition) is 8. The number of carboxylic acid groups (broad SMARTS) is 1. The predicted molar refractivity (Wildman–Crippen MR) is 209 cm³/mol. The van der Waals surface area contributed by atoms with Crippen LogP contribution in [0.3, 0.4) is 0 Å². The van der Waals surface area contributed by atoms with Crippen LogP contribution < -0.4 is 26.6 Å². The van der Waals surface area contributed by atoms with Gasteiger partial charge in [-0.1, -0.05) is 101 Å². The van der Waals surface area contributed by atoms with E-state index in [-0.39, 0.29) is 31.4 Å². The molecular weight excluding hydrogens is 786 g/mol. The molecule has 292 valence electrons. The number of benzene rings is 4. The van der Waals surface area contributed by atoms with Gasteiger partial charge >= 0.3 is 5.97 Å². The molecule has 2 bridgehead atoms. The number of aliphatic hydroxyl groups excluding tert-OH is 2. The van der Waals surface area contributed by atoms with Gasteiger partial charge in [0.25, 0.3) is 11.8 Å². The molecule has 4 aromatic carbocycles. The van der Waals surface area contributed by atoms with E-state index in [4.69, 9.17) is 0 Å². The second-order valence-electron chi connectivity index (χ2n) is 13.4. The molecule has 6 rings (SSSR count). The van der Waals surface area contributed by atoms with Crippen molar-refractivity contribution in [2.45, 2.75) is 68.5 Å². The Kier molecular flexibility index (Phi) is 14.5. The lowest BCUT2D eigenvalue weighted by Crippen LogP contribution is -2.59. The highest BCUT2D eigenvalue weighted by Crippen LogP contribution is 2.16. The van der Waals surface area contributed by atoms with Crippen LogP contribution in [0.1, 0.15) is 28.7 Å². The molecule has 15 heteroatoms. The van der Waals surface area contributed by atoms with Crippen LogP contribution in [0.4, 0.5) is 5.69 Å². The van der Waals surface area contributed by atoms with Crippen molar-refractivity contribution in [1.82, 2.24) is 21.3 Å². The van der Waals surface area contributed by atoms with E-state index in [1.54, 1.807) is 54.6 Å². The molecule has 0 spiro atoms. The van der Waals surface area contributed by atoms with Crippen LogP contribution in [-0.4, -0.2) is 87.2 Å². The van der Waals surface area contributed by atoms with Crippen LogP contribution in [0.5, 0.6) is 0 Å². The van der Waals surface area contributed by atoms with E-state index < -0.39 is 71.9 Å². The number of halogens is 1. The van der Waals surface area contributed by atoms with E-state index >= 15 is 0 Å². The number of aryl methyl sites for hydroxylation is 1. The highest BCUT2D eigenvalue weighted by atomic mass is 79.9. The van der Waals surface area contributed by atoms with Gasteiger partial charge in [-0.2, -0.15) is 0 Å². The highest BCUT2D eigenvalue weighted by Gasteiger charge is 2.35. The average Bonchev–Trinajstić information content (AvgIpc) is 3.19. The summed E-state index contributed by atoms with van der Waals surface area (Å²) in [6.45, 7) is 0. The molecule has 2 aliphatic rings. The summed E-state index contributed by atoms with van der Waals surface area (Å²) in [7, 11) is 0. The van der Waals surface area contributed by atoms with Crippen LogP contribution in [0, 0.1) is 0 Å². The number of anilines is 1. The zero-order valence-electron chi connectivity index (χ0n) is 30.1. The third-order valence-corrected chi connectivity index (χ3v) is 9.74. The highest BCUT2D eigenvalue weighted by molar-refractivity contribution is 9.10. The third-order valence-electron chi connectivity index (χ3n) is 9.21. The normalized spacial score (nSPS) is 22.7. The number of nitrogens with one attached hydrogen (secondary N) is 5. The van der Waals surface area contributed by atoms with Crippen molar-refractivity contribution in [2.24, 2.45) is 0 Å². The van der Waals surface area contributed by atoms with Crippen LogP contribution in [0.2, 0.25) is 0 Å². The van der Waals surface area contributed by atoms with Crippen molar-refractivity contribution in [2.75, 3.05) is 5.32 Å². The zero-order chi connectivity index (χ0) is 40.2. The fourth-order valence-electron chi connectivity index (χ4n) is 6.09. The Morgan fingerprint density at radius 1 is 0.571 bits per heavy atom. The zero-order valence-corrected chi connectivity index (χ0v) is 31.6. The Labute approximate surface area is 331 Å². The van der Waals surface area contributed by atoms with Gasteiger partial charge in [0.1, 0.15) is 24.2 Å². The first-order valence-corrected chi connectivity index (χ1v) is 18.7. The predicted octanol–water partition coefficient (Wildman–Crippen LogP) is 1.81. The standard InChI is InChI=1S/C41H42BrN5O9/c42-28-16-11-26(12-17-28)22-31-37(51)44-30(20-15-24-7-3-1-4-8-24)36(50)47-33(41(55)56)23-27-13-18-29(19-14-27)43-39(53)34(48)35(49)40(54)46-32(38(52)45-31)21-25-9-5-2-6-10-25/h1-14,16-19,30-35,48-49H,15,20-23H2,(H,43,53)(H,44,51)(H,45,52)(H,46,54)(H,47,50)(H,55,56)/t30-,31+,32-,33-,34-,35-/m1/s1. The molecule has 0 aromatic heterocycles. The second kappa shape index (κ2) is 19.6. The molecule has 56 heavy (non-hydrogen) atoms. The number of hydrogen-bond donors (Lipinski definition) is 8. The van der Waals surface area contributed by atoms with Gasteiger partial charge in [0.2, 0.25) is 17.7 Å². The molecule has 0 aliphatic carbocycles. The van der Waals surface area contributed by atoms with Gasteiger partial charge in [-0.15, -0.1) is 0 Å². The summed E-state index contributed by atoms with van der Waals surface area (Å²) in [5, 5.41) is 44.3. The number of aliphatic hydroxyl groups is 2. The average molecular weight is 829 g/mol. The lowest BCUT2D eigenvalue weighted by atomic mass is 10.00. The maximum Gasteiger partial charge on any atom is 0.326 e. The maximum absolute atomic E-state index is 14.2. The lowest BCUT2D eigenvalue weighted by molar-refractivity contribution is -0.145. The van der Waals surface area contributed by atoms with Crippen molar-refractivity contribution >= 4 is 57.1 Å². The Morgan fingerprint density at radius 2 is 1.05 bits per heavy atom. The van der Waals surface area contributed by atoms with Gasteiger partial charge in [-0.05, 0) is 59.4 Å². The molecule has 8 N–H and O–H groups in total. The number of carbonyl (C=O) groups excluding carboxylic acids is 5. The third kappa shape index (κ3) is 11.8. The maximum atomic E-state index is 14.2. The molecule has 2 heterocycles.